The van der Waals surface area contributed by atoms with E-state index in [1.807, 2.05) is 0 Å². The van der Waals surface area contributed by atoms with Crippen LogP contribution in [0.4, 0.5) is 15.8 Å². The van der Waals surface area contributed by atoms with Crippen LogP contribution in [0.2, 0.25) is 0 Å². The molecule has 3 rings (SSSR count). The van der Waals surface area contributed by atoms with Crippen LogP contribution in [0.15, 0.2) is 36.4 Å². The second-order valence-electron chi connectivity index (χ2n) is 6.84. The van der Waals surface area contributed by atoms with E-state index in [2.05, 4.69) is 10.6 Å². The second-order valence-corrected chi connectivity index (χ2v) is 6.84. The number of halogens is 1. The van der Waals surface area contributed by atoms with Crippen molar-refractivity contribution in [3.63, 3.8) is 0 Å². The van der Waals surface area contributed by atoms with Crippen molar-refractivity contribution in [1.82, 2.24) is 10.2 Å². The first-order valence-electron chi connectivity index (χ1n) is 9.11. The van der Waals surface area contributed by atoms with Crippen LogP contribution >= 0.6 is 0 Å². The van der Waals surface area contributed by atoms with Gasteiger partial charge < -0.3 is 15.5 Å². The van der Waals surface area contributed by atoms with E-state index in [1.165, 1.54) is 44.3 Å². The number of amides is 2. The summed E-state index contributed by atoms with van der Waals surface area (Å²) in [5.41, 5.74) is 1.62. The summed E-state index contributed by atoms with van der Waals surface area (Å²) in [7, 11) is 1.45. The maximum absolute atomic E-state index is 13.8. The maximum atomic E-state index is 13.8. The van der Waals surface area contributed by atoms with Gasteiger partial charge in [-0.1, -0.05) is 6.07 Å². The van der Waals surface area contributed by atoms with Gasteiger partial charge in [0, 0.05) is 38.7 Å². The van der Waals surface area contributed by atoms with Crippen LogP contribution in [-0.4, -0.2) is 35.2 Å². The molecule has 1 heterocycles. The van der Waals surface area contributed by atoms with Gasteiger partial charge in [-0.2, -0.15) is 0 Å². The number of carbonyl (C=O) groups is 2. The summed E-state index contributed by atoms with van der Waals surface area (Å²) in [4.78, 5) is 36.3. The van der Waals surface area contributed by atoms with E-state index < -0.39 is 16.6 Å². The fourth-order valence-electron chi connectivity index (χ4n) is 3.47. The maximum Gasteiger partial charge on any atom is 0.293 e. The van der Waals surface area contributed by atoms with Gasteiger partial charge in [0.2, 0.25) is 5.91 Å². The lowest BCUT2D eigenvalue weighted by molar-refractivity contribution is -0.384. The van der Waals surface area contributed by atoms with Crippen LogP contribution in [0.25, 0.3) is 0 Å². The normalized spacial score (nSPS) is 15.8. The molecular formula is C20H21FN4O4. The molecule has 8 nitrogen and oxygen atoms in total. The topological polar surface area (TPSA) is 105 Å². The summed E-state index contributed by atoms with van der Waals surface area (Å²) in [6.45, 7) is 2.15. The Labute approximate surface area is 166 Å². The van der Waals surface area contributed by atoms with Crippen LogP contribution in [-0.2, 0) is 11.3 Å². The smallest absolute Gasteiger partial charge is 0.293 e. The molecule has 0 spiro atoms. The highest BCUT2D eigenvalue weighted by atomic mass is 19.1. The molecule has 0 aromatic heterocycles. The minimum atomic E-state index is -0.557. The minimum absolute atomic E-state index is 0.123. The van der Waals surface area contributed by atoms with Gasteiger partial charge in [-0.25, -0.2) is 4.39 Å². The Hall–Kier alpha value is -3.49. The van der Waals surface area contributed by atoms with Crippen molar-refractivity contribution >= 4 is 23.2 Å². The highest BCUT2D eigenvalue weighted by Gasteiger charge is 2.26. The molecule has 152 valence electrons. The predicted molar refractivity (Wildman–Crippen MR) is 105 cm³/mol. The van der Waals surface area contributed by atoms with E-state index in [0.717, 1.165) is 5.56 Å². The summed E-state index contributed by atoms with van der Waals surface area (Å²) >= 11 is 0. The van der Waals surface area contributed by atoms with Crippen molar-refractivity contribution in [2.45, 2.75) is 25.9 Å². The Morgan fingerprint density at radius 1 is 1.24 bits per heavy atom. The largest absolute Gasteiger partial charge is 0.373 e. The molecule has 0 fully saturated rings. The molecule has 0 bridgehead atoms. The van der Waals surface area contributed by atoms with Gasteiger partial charge in [0.15, 0.2) is 0 Å². The molecule has 0 saturated heterocycles. The molecule has 0 aliphatic carbocycles. The molecule has 1 aliphatic heterocycles. The lowest BCUT2D eigenvalue weighted by Gasteiger charge is -2.20. The van der Waals surface area contributed by atoms with Crippen LogP contribution in [0.3, 0.4) is 0 Å². The third-order valence-corrected chi connectivity index (χ3v) is 4.99. The Morgan fingerprint density at radius 3 is 2.66 bits per heavy atom. The molecule has 2 amide bonds. The van der Waals surface area contributed by atoms with Gasteiger partial charge in [-0.05, 0) is 41.8 Å². The van der Waals surface area contributed by atoms with Crippen LogP contribution in [0.1, 0.15) is 40.9 Å². The van der Waals surface area contributed by atoms with E-state index >= 15 is 0 Å². The van der Waals surface area contributed by atoms with Gasteiger partial charge >= 0.3 is 0 Å². The Balaban J connectivity index is 1.98. The van der Waals surface area contributed by atoms with Crippen LogP contribution in [0, 0.1) is 15.9 Å². The van der Waals surface area contributed by atoms with Crippen LogP contribution in [0.5, 0.6) is 0 Å². The number of nitrogens with one attached hydrogen (secondary N) is 2. The van der Waals surface area contributed by atoms with Gasteiger partial charge in [0.1, 0.15) is 11.5 Å². The summed E-state index contributed by atoms with van der Waals surface area (Å²) in [5.74, 6) is -0.956. The highest BCUT2D eigenvalue weighted by Crippen LogP contribution is 2.34. The van der Waals surface area contributed by atoms with Gasteiger partial charge in [-0.15, -0.1) is 0 Å². The molecule has 1 atom stereocenters. The number of nitro benzene ring substituents is 1. The predicted octanol–water partition coefficient (Wildman–Crippen LogP) is 3.00. The molecule has 2 N–H and O–H groups in total. The van der Waals surface area contributed by atoms with Crippen molar-refractivity contribution in [2.75, 3.05) is 18.9 Å². The number of nitro groups is 1. The number of fused-ring (bicyclic) bond motifs is 1. The van der Waals surface area contributed by atoms with Crippen molar-refractivity contribution in [2.24, 2.45) is 0 Å². The monoisotopic (exact) mass is 400 g/mol. The highest BCUT2D eigenvalue weighted by molar-refractivity contribution is 5.95. The third kappa shape index (κ3) is 4.34. The lowest BCUT2D eigenvalue weighted by atomic mass is 9.98. The zero-order valence-corrected chi connectivity index (χ0v) is 16.1. The molecule has 1 aliphatic rings. The number of hydrogen-bond donors (Lipinski definition) is 2. The fourth-order valence-corrected chi connectivity index (χ4v) is 3.47. The molecule has 0 radical (unpaired) electrons. The number of nitrogens with zero attached hydrogens (tertiary/aromatic N) is 2. The van der Waals surface area contributed by atoms with Crippen LogP contribution < -0.4 is 10.6 Å². The van der Waals surface area contributed by atoms with Crippen molar-refractivity contribution in [3.8, 4) is 0 Å². The third-order valence-electron chi connectivity index (χ3n) is 4.99. The van der Waals surface area contributed by atoms with E-state index in [-0.39, 0.29) is 35.4 Å². The Bertz CT molecular complexity index is 979. The first-order valence-corrected chi connectivity index (χ1v) is 9.11. The molecule has 0 saturated carbocycles. The first kappa shape index (κ1) is 20.2. The Kier molecular flexibility index (Phi) is 5.76. The molecule has 9 heteroatoms. The number of hydrogen-bond acceptors (Lipinski definition) is 5. The van der Waals surface area contributed by atoms with E-state index in [1.54, 1.807) is 11.0 Å². The Morgan fingerprint density at radius 2 is 2.00 bits per heavy atom. The first-order chi connectivity index (χ1) is 13.8. The van der Waals surface area contributed by atoms with E-state index in [0.29, 0.717) is 18.5 Å². The minimum Gasteiger partial charge on any atom is -0.373 e. The van der Waals surface area contributed by atoms with Crippen molar-refractivity contribution in [1.29, 1.82) is 0 Å². The number of rotatable bonds is 4. The molecular weight excluding hydrogens is 379 g/mol. The quantitative estimate of drug-likeness (QED) is 0.606. The van der Waals surface area contributed by atoms with E-state index in [4.69, 9.17) is 0 Å². The van der Waals surface area contributed by atoms with Gasteiger partial charge in [0.25, 0.3) is 11.6 Å². The van der Waals surface area contributed by atoms with E-state index in [9.17, 15) is 24.1 Å². The standard InChI is InChI=1S/C20H21FN4O4/c1-12(26)24-8-7-17(16-5-4-15(21)9-14(16)11-24)23-18-6-3-13(20(27)22-2)10-19(18)25(28)29/h3-6,9-10,17,23H,7-8,11H2,1-2H3,(H,22,27). The van der Waals surface area contributed by atoms with Gasteiger partial charge in [0.05, 0.1) is 11.0 Å². The summed E-state index contributed by atoms with van der Waals surface area (Å²) < 4.78 is 13.8. The molecule has 2 aromatic carbocycles. The number of anilines is 1. The van der Waals surface area contributed by atoms with Gasteiger partial charge in [-0.3, -0.25) is 19.7 Å². The zero-order chi connectivity index (χ0) is 21.1. The summed E-state index contributed by atoms with van der Waals surface area (Å²) in [6.07, 6.45) is 0.493. The number of carbonyl (C=O) groups excluding carboxylic acids is 2. The average Bonchev–Trinajstić information content (AvgIpc) is 2.86. The second kappa shape index (κ2) is 8.26. The zero-order valence-electron chi connectivity index (χ0n) is 16.1. The average molecular weight is 400 g/mol. The summed E-state index contributed by atoms with van der Waals surface area (Å²) in [6, 6.07) is 8.19. The molecule has 1 unspecified atom stereocenters. The number of benzene rings is 2. The lowest BCUT2D eigenvalue weighted by Crippen LogP contribution is -2.28. The SMILES string of the molecule is CNC(=O)c1ccc(NC2CCN(C(C)=O)Cc3cc(F)ccc32)c([N+](=O)[O-])c1. The fraction of sp³-hybridized carbons (Fsp3) is 0.300. The summed E-state index contributed by atoms with van der Waals surface area (Å²) in [5, 5.41) is 17.1. The van der Waals surface area contributed by atoms with Crippen molar-refractivity contribution in [3.05, 3.63) is 69.0 Å². The van der Waals surface area contributed by atoms with Crippen molar-refractivity contribution < 1.29 is 18.9 Å². The molecule has 29 heavy (non-hydrogen) atoms. The molecule has 2 aromatic rings.